The van der Waals surface area contributed by atoms with Gasteiger partial charge in [0.2, 0.25) is 5.78 Å². The Labute approximate surface area is 475 Å². The molecule has 0 aliphatic heterocycles. The van der Waals surface area contributed by atoms with Crippen molar-refractivity contribution in [2.24, 2.45) is 10.2 Å². The molecule has 0 radical (unpaired) electrons. The van der Waals surface area contributed by atoms with E-state index in [9.17, 15) is 60.1 Å². The van der Waals surface area contributed by atoms with E-state index < -0.39 is 77.2 Å². The van der Waals surface area contributed by atoms with Crippen molar-refractivity contribution < 1.29 is 183 Å². The van der Waals surface area contributed by atoms with Gasteiger partial charge in [-0.25, -0.2) is 16.8 Å². The van der Waals surface area contributed by atoms with Gasteiger partial charge in [-0.1, -0.05) is 24.3 Å². The van der Waals surface area contributed by atoms with Crippen LogP contribution >= 0.6 is 0 Å². The number of carbonyl (C=O) groups excluding carboxylic acids is 5. The van der Waals surface area contributed by atoms with Gasteiger partial charge in [0, 0.05) is 50.6 Å². The number of anilines is 5. The first-order valence-electron chi connectivity index (χ1n) is 18.2. The van der Waals surface area contributed by atoms with Crippen LogP contribution in [0.15, 0.2) is 141 Å². The number of carbonyl (C=O) groups is 5. The van der Waals surface area contributed by atoms with Crippen molar-refractivity contribution in [1.82, 2.24) is 0 Å². The number of hydrazone groups is 2. The first-order chi connectivity index (χ1) is 30.3. The Kier molecular flexibility index (Phi) is 20.9. The molecule has 1 amide bonds. The first-order valence-corrected chi connectivity index (χ1v) is 21.0. The number of ether oxygens (including phenoxy) is 1. The minimum atomic E-state index is -5.45. The van der Waals surface area contributed by atoms with E-state index in [0.29, 0.717) is 22.6 Å². The number of nitrogens with one attached hydrogen (secondary N) is 4. The van der Waals surface area contributed by atoms with Gasteiger partial charge in [0.05, 0.1) is 33.1 Å². The van der Waals surface area contributed by atoms with Gasteiger partial charge in [-0.3, -0.25) is 25.2 Å². The third-order valence-corrected chi connectivity index (χ3v) is 10.9. The van der Waals surface area contributed by atoms with Gasteiger partial charge in [-0.15, -0.1) is 0 Å². The first kappa shape index (κ1) is 58.0. The number of amides is 1. The van der Waals surface area contributed by atoms with E-state index in [1.807, 2.05) is 0 Å². The summed E-state index contributed by atoms with van der Waals surface area (Å²) in [5, 5.41) is 36.4. The Morgan fingerprint density at radius 1 is 0.676 bits per heavy atom. The van der Waals surface area contributed by atoms with Crippen molar-refractivity contribution in [2.75, 3.05) is 28.1 Å². The second kappa shape index (κ2) is 24.5. The zero-order valence-electron chi connectivity index (χ0n) is 36.2. The average Bonchev–Trinajstić information content (AvgIpc) is 3.25. The number of carboxylic acids is 2. The quantitative estimate of drug-likeness (QED) is 0.0264. The predicted octanol–water partition coefficient (Wildman–Crippen LogP) is -9.98. The molecule has 20 nitrogen and oxygen atoms in total. The maximum atomic E-state index is 13.9. The minimum absolute atomic E-state index is 0. The van der Waals surface area contributed by atoms with Crippen LogP contribution in [0.3, 0.4) is 0 Å². The summed E-state index contributed by atoms with van der Waals surface area (Å²) in [4.78, 5) is 59.4. The van der Waals surface area contributed by atoms with Gasteiger partial charge in [0.1, 0.15) is 44.0 Å². The van der Waals surface area contributed by atoms with Crippen LogP contribution in [0.1, 0.15) is 26.3 Å². The summed E-state index contributed by atoms with van der Waals surface area (Å²) in [5.41, 5.74) is 4.37. The fourth-order valence-corrected chi connectivity index (χ4v) is 7.43. The van der Waals surface area contributed by atoms with Gasteiger partial charge >= 0.3 is 118 Å². The number of hydrogen-bond acceptors (Lipinski definition) is 19. The molecular weight excluding hydrogens is 969 g/mol. The summed E-state index contributed by atoms with van der Waals surface area (Å²) < 4.78 is 79.5. The number of hydrogen-bond donors (Lipinski definition) is 4. The molecular formula is C42H26N6Na4O14S2. The molecule has 0 fully saturated rings. The summed E-state index contributed by atoms with van der Waals surface area (Å²) in [6.07, 6.45) is 3.79. The van der Waals surface area contributed by atoms with Crippen molar-refractivity contribution in [1.29, 1.82) is 0 Å². The summed E-state index contributed by atoms with van der Waals surface area (Å²) in [5.74, 6) is -6.20. The number of benzene rings is 5. The molecule has 0 atom stereocenters. The van der Waals surface area contributed by atoms with E-state index >= 15 is 0 Å². The monoisotopic (exact) mass is 994 g/mol. The molecule has 4 N–H and O–H groups in total. The minimum Gasteiger partial charge on any atom is -0.744 e. The van der Waals surface area contributed by atoms with Crippen molar-refractivity contribution in [3.63, 3.8) is 0 Å². The van der Waals surface area contributed by atoms with E-state index in [4.69, 9.17) is 4.74 Å². The summed E-state index contributed by atoms with van der Waals surface area (Å²) in [6, 6.07) is 23.2. The number of nitrogens with zero attached hydrogens (tertiary/aromatic N) is 2. The Morgan fingerprint density at radius 3 is 1.97 bits per heavy atom. The number of fused-ring (bicyclic) bond motifs is 2. The van der Waals surface area contributed by atoms with Crippen LogP contribution in [0.2, 0.25) is 0 Å². The summed E-state index contributed by atoms with van der Waals surface area (Å²) in [6.45, 7) is -1.11. The van der Waals surface area contributed by atoms with Gasteiger partial charge in [-0.2, -0.15) is 10.2 Å². The normalized spacial score (nSPS) is 14.1. The van der Waals surface area contributed by atoms with E-state index in [1.54, 1.807) is 54.6 Å². The number of aliphatic carboxylic acids is 2. The fourth-order valence-electron chi connectivity index (χ4n) is 6.28. The Hall–Kier alpha value is -4.31. The van der Waals surface area contributed by atoms with Gasteiger partial charge in [0.25, 0.3) is 5.91 Å². The largest absolute Gasteiger partial charge is 1.00 e. The van der Waals surface area contributed by atoms with Crippen LogP contribution in [0.4, 0.5) is 28.4 Å². The fraction of sp³-hybridized carbons (Fsp3) is 0.0238. The SMILES string of the molecule is O=C([O-])COc1cc(N/N=C2/C=CC(=O)C(C(=O)[O-])=C2)c2cc(S(=O)(=O)[O-])ccc2c1N/N=C1\C(=O)c2ccc(Nc3ccc(NC(=O)c4ccccc4)cc3)cc2C=C1S(=O)(=O)[O-].[Na+].[Na+].[Na+].[Na+]. The van der Waals surface area contributed by atoms with Gasteiger partial charge in [-0.05, 0) is 96.6 Å². The van der Waals surface area contributed by atoms with Crippen molar-refractivity contribution in [2.45, 2.75) is 4.90 Å². The maximum Gasteiger partial charge on any atom is 1.00 e. The third-order valence-electron chi connectivity index (χ3n) is 9.24. The van der Waals surface area contributed by atoms with Crippen molar-refractivity contribution >= 4 is 106 Å². The molecule has 0 spiro atoms. The van der Waals surface area contributed by atoms with Gasteiger partial charge in [0.15, 0.2) is 5.78 Å². The number of Topliss-reactive ketones (excluding diaryl/α,β-unsaturated/α-hetero) is 1. The molecule has 0 aromatic heterocycles. The van der Waals surface area contributed by atoms with E-state index in [2.05, 4.69) is 31.7 Å². The molecule has 68 heavy (non-hydrogen) atoms. The molecule has 5 aromatic rings. The molecule has 26 heteroatoms. The molecule has 0 saturated carbocycles. The molecule has 0 bridgehead atoms. The molecule has 2 aliphatic carbocycles. The smallest absolute Gasteiger partial charge is 0.744 e. The second-order valence-corrected chi connectivity index (χ2v) is 16.2. The Balaban J connectivity index is 0.00000306. The topological polar surface area (TPSA) is 328 Å². The van der Waals surface area contributed by atoms with Crippen LogP contribution in [0, 0.1) is 0 Å². The Morgan fingerprint density at radius 2 is 1.34 bits per heavy atom. The summed E-state index contributed by atoms with van der Waals surface area (Å²) >= 11 is 0. The van der Waals surface area contributed by atoms with Crippen molar-refractivity contribution in [3.8, 4) is 5.75 Å². The number of carboxylic acid groups (broad SMARTS) is 2. The molecule has 2 aliphatic rings. The average molecular weight is 995 g/mol. The van der Waals surface area contributed by atoms with Crippen LogP contribution in [-0.4, -0.2) is 73.4 Å². The Bertz CT molecular complexity index is 3240. The number of ketones is 2. The summed E-state index contributed by atoms with van der Waals surface area (Å²) in [7, 11) is -10.6. The van der Waals surface area contributed by atoms with Crippen LogP contribution in [0.5, 0.6) is 5.75 Å². The van der Waals surface area contributed by atoms with Crippen LogP contribution < -0.4 is 155 Å². The van der Waals surface area contributed by atoms with Crippen molar-refractivity contribution in [3.05, 3.63) is 142 Å². The molecule has 5 aromatic carbocycles. The number of allylic oxidation sites excluding steroid dienone is 4. The van der Waals surface area contributed by atoms with E-state index in [0.717, 1.165) is 48.6 Å². The molecule has 7 rings (SSSR count). The van der Waals surface area contributed by atoms with E-state index in [1.165, 1.54) is 18.2 Å². The van der Waals surface area contributed by atoms with Crippen LogP contribution in [0.25, 0.3) is 16.8 Å². The molecule has 0 unspecified atom stereocenters. The third kappa shape index (κ3) is 13.9. The zero-order chi connectivity index (χ0) is 45.9. The molecule has 0 heterocycles. The molecule has 324 valence electrons. The zero-order valence-corrected chi connectivity index (χ0v) is 45.8. The standard InChI is InChI=1S/C42H30N6O14S2.4Na/c49-34-15-11-27(18-32(34)42(54)55)45-46-33-20-35(62-21-37(50)51)38(30-14-12-28(19-31(30)33)63(56,57)58)47-48-39-36(64(59,60)61)17-23-16-26(10-13-29(23)40(39)52)43-24-6-8-25(9-7-24)44-41(53)22-4-2-1-3-5-22;;;;/h1-20,43,46-47H,21H2,(H,44,53)(H,50,51)(H,54,55)(H,56,57,58)(H,59,60,61);;;;/q;4*+1/p-4/b45-27-,48-39-;;;;. The second-order valence-electron chi connectivity index (χ2n) is 13.5. The van der Waals surface area contributed by atoms with E-state index in [-0.39, 0.29) is 163 Å². The number of rotatable bonds is 14. The predicted molar refractivity (Wildman–Crippen MR) is 224 cm³/mol. The van der Waals surface area contributed by atoms with Crippen LogP contribution in [-0.2, 0) is 34.6 Å². The maximum absolute atomic E-state index is 13.9. The van der Waals surface area contributed by atoms with Gasteiger partial charge < -0.3 is 44.3 Å². The molecule has 0 saturated heterocycles.